The lowest BCUT2D eigenvalue weighted by Crippen LogP contribution is -2.27. The quantitative estimate of drug-likeness (QED) is 0.337. The average Bonchev–Trinajstić information content (AvgIpc) is 3.47. The van der Waals surface area contributed by atoms with Crippen LogP contribution in [0.5, 0.6) is 5.75 Å². The van der Waals surface area contributed by atoms with Crippen molar-refractivity contribution in [3.8, 4) is 27.3 Å². The molecule has 0 unspecified atom stereocenters. The van der Waals surface area contributed by atoms with Crippen molar-refractivity contribution in [2.45, 2.75) is 26.8 Å². The van der Waals surface area contributed by atoms with E-state index in [1.165, 1.54) is 11.5 Å². The normalized spacial score (nSPS) is 12.1. The van der Waals surface area contributed by atoms with Crippen LogP contribution in [-0.2, 0) is 7.05 Å². The third kappa shape index (κ3) is 6.19. The maximum Gasteiger partial charge on any atom is 0.252 e. The lowest BCUT2D eigenvalue weighted by molar-refractivity contribution is 0.0938. The number of ether oxygens (including phenoxy) is 1. The molecule has 0 radical (unpaired) electrons. The summed E-state index contributed by atoms with van der Waals surface area (Å²) in [5.41, 5.74) is 6.68. The average molecular weight is 504 g/mol. The van der Waals surface area contributed by atoms with Crippen LogP contribution in [0.2, 0.25) is 0 Å². The van der Waals surface area contributed by atoms with Gasteiger partial charge >= 0.3 is 0 Å². The van der Waals surface area contributed by atoms with Gasteiger partial charge in [-0.25, -0.2) is 0 Å². The smallest absolute Gasteiger partial charge is 0.252 e. The highest BCUT2D eigenvalue weighted by Gasteiger charge is 2.17. The highest BCUT2D eigenvalue weighted by molar-refractivity contribution is 7.09. The number of aryl methyl sites for hydroxylation is 3. The van der Waals surface area contributed by atoms with Crippen LogP contribution in [0.15, 0.2) is 54.9 Å². The largest absolute Gasteiger partial charge is 0.492 e. The van der Waals surface area contributed by atoms with Crippen molar-refractivity contribution in [3.05, 3.63) is 77.2 Å². The molecule has 2 aromatic carbocycles. The van der Waals surface area contributed by atoms with Crippen molar-refractivity contribution in [1.29, 1.82) is 0 Å². The summed E-state index contributed by atoms with van der Waals surface area (Å²) >= 11 is 1.48. The minimum Gasteiger partial charge on any atom is -0.492 e. The molecule has 0 saturated heterocycles. The summed E-state index contributed by atoms with van der Waals surface area (Å²) in [7, 11) is 5.91. The number of hydrogen-bond acceptors (Lipinski definition) is 6. The van der Waals surface area contributed by atoms with Gasteiger partial charge in [-0.1, -0.05) is 6.07 Å². The Kier molecular flexibility index (Phi) is 7.86. The number of nitrogens with zero attached hydrogens (tertiary/aromatic N) is 4. The maximum atomic E-state index is 13.3. The number of nitrogens with one attached hydrogen (secondary N) is 1. The molecule has 1 atom stereocenters. The fourth-order valence-corrected chi connectivity index (χ4v) is 4.66. The van der Waals surface area contributed by atoms with Gasteiger partial charge < -0.3 is 15.0 Å². The number of carbonyl (C=O) groups excluding carboxylic acids is 1. The number of benzene rings is 2. The van der Waals surface area contributed by atoms with Crippen molar-refractivity contribution in [2.24, 2.45) is 7.05 Å². The van der Waals surface area contributed by atoms with E-state index >= 15 is 0 Å². The van der Waals surface area contributed by atoms with Crippen LogP contribution >= 0.6 is 11.5 Å². The zero-order valence-electron chi connectivity index (χ0n) is 21.7. The molecule has 36 heavy (non-hydrogen) atoms. The summed E-state index contributed by atoms with van der Waals surface area (Å²) in [6, 6.07) is 13.9. The maximum absolute atomic E-state index is 13.3. The molecule has 0 aliphatic rings. The second-order valence-electron chi connectivity index (χ2n) is 9.40. The molecule has 2 aromatic heterocycles. The number of aromatic nitrogens is 3. The number of likely N-dealkylation sites (N-methyl/N-ethyl adjacent to an activating group) is 1. The van der Waals surface area contributed by atoms with Crippen LogP contribution in [0.4, 0.5) is 0 Å². The second kappa shape index (κ2) is 11.1. The third-order valence-corrected chi connectivity index (χ3v) is 6.94. The van der Waals surface area contributed by atoms with Gasteiger partial charge in [-0.05, 0) is 105 Å². The van der Waals surface area contributed by atoms with E-state index in [2.05, 4.69) is 44.0 Å². The molecule has 7 nitrogen and oxygen atoms in total. The molecule has 2 heterocycles. The van der Waals surface area contributed by atoms with Gasteiger partial charge in [-0.3, -0.25) is 9.48 Å². The molecule has 0 bridgehead atoms. The highest BCUT2D eigenvalue weighted by atomic mass is 32.1. The number of rotatable bonds is 9. The predicted molar refractivity (Wildman–Crippen MR) is 146 cm³/mol. The molecule has 0 spiro atoms. The van der Waals surface area contributed by atoms with Gasteiger partial charge in [-0.15, -0.1) is 0 Å². The Morgan fingerprint density at radius 2 is 1.89 bits per heavy atom. The highest BCUT2D eigenvalue weighted by Crippen LogP contribution is 2.33. The summed E-state index contributed by atoms with van der Waals surface area (Å²) in [6.45, 7) is 7.32. The topological polar surface area (TPSA) is 72.3 Å². The van der Waals surface area contributed by atoms with E-state index < -0.39 is 0 Å². The van der Waals surface area contributed by atoms with Crippen molar-refractivity contribution in [3.63, 3.8) is 0 Å². The first-order valence-corrected chi connectivity index (χ1v) is 12.7. The van der Waals surface area contributed by atoms with Crippen LogP contribution in [0.25, 0.3) is 21.6 Å². The van der Waals surface area contributed by atoms with Gasteiger partial charge in [0.1, 0.15) is 12.4 Å². The van der Waals surface area contributed by atoms with Crippen molar-refractivity contribution >= 4 is 17.4 Å². The Hall–Kier alpha value is -3.49. The van der Waals surface area contributed by atoms with Gasteiger partial charge in [-0.2, -0.15) is 9.47 Å². The van der Waals surface area contributed by atoms with E-state index in [0.717, 1.165) is 44.9 Å². The van der Waals surface area contributed by atoms with Gasteiger partial charge in [0.05, 0.1) is 22.8 Å². The SMILES string of the molecule is Cc1cc(-c2cc(-c3cnn(C)c3)cc([C@@H](C)NC(=O)c3cc(OCCN(C)C)ccc3C)c2)sn1. The second-order valence-corrected chi connectivity index (χ2v) is 10.2. The first-order valence-electron chi connectivity index (χ1n) is 12.0. The molecule has 0 fully saturated rings. The number of carbonyl (C=O) groups is 1. The number of hydrogen-bond donors (Lipinski definition) is 1. The summed E-state index contributed by atoms with van der Waals surface area (Å²) in [6.07, 6.45) is 3.85. The van der Waals surface area contributed by atoms with Gasteiger partial charge in [0.15, 0.2) is 0 Å². The fraction of sp³-hybridized carbons (Fsp3) is 0.321. The minimum absolute atomic E-state index is 0.125. The van der Waals surface area contributed by atoms with E-state index in [1.54, 1.807) is 4.68 Å². The summed E-state index contributed by atoms with van der Waals surface area (Å²) in [5, 5.41) is 7.52. The Balaban J connectivity index is 1.60. The standard InChI is InChI=1S/C28H33N5O2S/c1-18-7-8-25(35-10-9-32(4)5)15-26(18)28(34)30-20(3)21-12-22(24-16-29-33(6)17-24)14-23(13-21)27-11-19(2)31-36-27/h7-8,11-17,20H,9-10H2,1-6H3,(H,30,34)/t20-/m1/s1. The Morgan fingerprint density at radius 1 is 1.11 bits per heavy atom. The van der Waals surface area contributed by atoms with Crippen molar-refractivity contribution in [1.82, 2.24) is 24.4 Å². The van der Waals surface area contributed by atoms with Gasteiger partial charge in [0.25, 0.3) is 5.91 Å². The van der Waals surface area contributed by atoms with Gasteiger partial charge in [0, 0.05) is 30.9 Å². The zero-order chi connectivity index (χ0) is 25.8. The molecular formula is C28H33N5O2S. The summed E-state index contributed by atoms with van der Waals surface area (Å²) in [5.74, 6) is 0.571. The van der Waals surface area contributed by atoms with Crippen LogP contribution in [-0.4, -0.2) is 52.2 Å². The van der Waals surface area contributed by atoms with E-state index in [1.807, 2.05) is 72.5 Å². The van der Waals surface area contributed by atoms with Crippen molar-refractivity contribution in [2.75, 3.05) is 27.2 Å². The molecule has 188 valence electrons. The summed E-state index contributed by atoms with van der Waals surface area (Å²) < 4.78 is 12.1. The van der Waals surface area contributed by atoms with E-state index in [9.17, 15) is 4.79 Å². The Bertz CT molecular complexity index is 1300. The lowest BCUT2D eigenvalue weighted by atomic mass is 9.97. The molecular weight excluding hydrogens is 470 g/mol. The molecule has 4 rings (SSSR count). The molecule has 1 N–H and O–H groups in total. The lowest BCUT2D eigenvalue weighted by Gasteiger charge is -2.18. The van der Waals surface area contributed by atoms with E-state index in [0.29, 0.717) is 17.9 Å². The van der Waals surface area contributed by atoms with E-state index in [4.69, 9.17) is 4.74 Å². The van der Waals surface area contributed by atoms with Crippen molar-refractivity contribution < 1.29 is 9.53 Å². The van der Waals surface area contributed by atoms with Crippen LogP contribution < -0.4 is 10.1 Å². The van der Waals surface area contributed by atoms with Crippen LogP contribution in [0, 0.1) is 13.8 Å². The molecule has 8 heteroatoms. The molecule has 4 aromatic rings. The predicted octanol–water partition coefficient (Wildman–Crippen LogP) is 5.26. The zero-order valence-corrected chi connectivity index (χ0v) is 22.5. The Morgan fingerprint density at radius 3 is 2.56 bits per heavy atom. The molecule has 0 aliphatic carbocycles. The fourth-order valence-electron chi connectivity index (χ4n) is 3.92. The number of amides is 1. The van der Waals surface area contributed by atoms with Gasteiger partial charge in [0.2, 0.25) is 0 Å². The first-order chi connectivity index (χ1) is 17.2. The van der Waals surface area contributed by atoms with Crippen LogP contribution in [0.3, 0.4) is 0 Å². The molecule has 1 amide bonds. The monoisotopic (exact) mass is 503 g/mol. The Labute approximate surface area is 216 Å². The molecule has 0 aliphatic heterocycles. The van der Waals surface area contributed by atoms with E-state index in [-0.39, 0.29) is 11.9 Å². The first kappa shape index (κ1) is 25.6. The minimum atomic E-state index is -0.209. The molecule has 0 saturated carbocycles. The van der Waals surface area contributed by atoms with Crippen LogP contribution in [0.1, 0.15) is 40.1 Å². The third-order valence-electron chi connectivity index (χ3n) is 6.01. The summed E-state index contributed by atoms with van der Waals surface area (Å²) in [4.78, 5) is 16.5.